The molecule has 25 heavy (non-hydrogen) atoms. The molecule has 3 rings (SSSR count). The van der Waals surface area contributed by atoms with Gasteiger partial charge < -0.3 is 20.1 Å². The van der Waals surface area contributed by atoms with Crippen LogP contribution in [0, 0.1) is 5.92 Å². The maximum absolute atomic E-state index is 12.7. The van der Waals surface area contributed by atoms with E-state index in [-0.39, 0.29) is 36.3 Å². The Labute approximate surface area is 149 Å². The van der Waals surface area contributed by atoms with Crippen molar-refractivity contribution >= 4 is 12.0 Å². The molecule has 2 N–H and O–H groups in total. The first-order chi connectivity index (χ1) is 11.9. The van der Waals surface area contributed by atoms with Gasteiger partial charge in [-0.1, -0.05) is 20.8 Å². The van der Waals surface area contributed by atoms with Crippen molar-refractivity contribution < 1.29 is 19.4 Å². The number of hydrogen-bond acceptors (Lipinski definition) is 4. The average Bonchev–Trinajstić information content (AvgIpc) is 2.96. The Morgan fingerprint density at radius 1 is 1.40 bits per heavy atom. The van der Waals surface area contributed by atoms with Gasteiger partial charge in [-0.3, -0.25) is 9.69 Å². The zero-order chi connectivity index (χ0) is 18.2. The van der Waals surface area contributed by atoms with Gasteiger partial charge in [-0.15, -0.1) is 0 Å². The zero-order valence-electron chi connectivity index (χ0n) is 15.5. The minimum atomic E-state index is -0.795. The summed E-state index contributed by atoms with van der Waals surface area (Å²) < 4.78 is 5.99. The van der Waals surface area contributed by atoms with E-state index in [0.29, 0.717) is 12.5 Å². The predicted molar refractivity (Wildman–Crippen MR) is 93.5 cm³/mol. The molecule has 2 aliphatic heterocycles. The number of carboxylic acid groups (broad SMARTS) is 1. The van der Waals surface area contributed by atoms with E-state index >= 15 is 0 Å². The van der Waals surface area contributed by atoms with Crippen LogP contribution in [0.15, 0.2) is 0 Å². The summed E-state index contributed by atoms with van der Waals surface area (Å²) in [7, 11) is 0. The highest BCUT2D eigenvalue weighted by Gasteiger charge is 2.58. The highest BCUT2D eigenvalue weighted by molar-refractivity contribution is 5.76. The fraction of sp³-hybridized carbons (Fsp3) is 0.889. The quantitative estimate of drug-likeness (QED) is 0.757. The Bertz CT molecular complexity index is 512. The monoisotopic (exact) mass is 353 g/mol. The SMILES string of the molecule is CCN(CC(=O)O)C1CC(NC(=O)N2CC3(CCCO3)C2C(C)C)C1. The van der Waals surface area contributed by atoms with Crippen LogP contribution in [0.5, 0.6) is 0 Å². The molecular weight excluding hydrogens is 322 g/mol. The van der Waals surface area contributed by atoms with E-state index in [0.717, 1.165) is 38.8 Å². The second kappa shape index (κ2) is 7.11. The third-order valence-electron chi connectivity index (χ3n) is 6.04. The molecule has 0 aromatic heterocycles. The molecule has 1 spiro atoms. The van der Waals surface area contributed by atoms with E-state index in [1.54, 1.807) is 0 Å². The lowest BCUT2D eigenvalue weighted by Gasteiger charge is -2.57. The van der Waals surface area contributed by atoms with Crippen molar-refractivity contribution in [2.45, 2.75) is 70.2 Å². The smallest absolute Gasteiger partial charge is 0.318 e. The minimum absolute atomic E-state index is 0.00422. The lowest BCUT2D eigenvalue weighted by molar-refractivity contribution is -0.154. The number of amides is 2. The highest BCUT2D eigenvalue weighted by Crippen LogP contribution is 2.44. The van der Waals surface area contributed by atoms with Crippen LogP contribution in [0.1, 0.15) is 46.5 Å². The number of hydrogen-bond donors (Lipinski definition) is 2. The summed E-state index contributed by atoms with van der Waals surface area (Å²) in [6.45, 7) is 8.57. The van der Waals surface area contributed by atoms with Gasteiger partial charge in [-0.25, -0.2) is 4.79 Å². The topological polar surface area (TPSA) is 82.1 Å². The van der Waals surface area contributed by atoms with E-state index in [1.165, 1.54) is 0 Å². The second-order valence-electron chi connectivity index (χ2n) is 8.06. The predicted octanol–water partition coefficient (Wildman–Crippen LogP) is 1.52. The summed E-state index contributed by atoms with van der Waals surface area (Å²) in [5, 5.41) is 12.1. The molecule has 3 aliphatic rings. The minimum Gasteiger partial charge on any atom is -0.480 e. The number of nitrogens with one attached hydrogen (secondary N) is 1. The van der Waals surface area contributed by atoms with Crippen molar-refractivity contribution in [1.82, 2.24) is 15.1 Å². The van der Waals surface area contributed by atoms with Gasteiger partial charge in [0.1, 0.15) is 5.60 Å². The van der Waals surface area contributed by atoms with Crippen LogP contribution >= 0.6 is 0 Å². The summed E-state index contributed by atoms with van der Waals surface area (Å²) in [5.74, 6) is -0.422. The third-order valence-corrected chi connectivity index (χ3v) is 6.04. The molecule has 2 heterocycles. The van der Waals surface area contributed by atoms with Crippen molar-refractivity contribution in [3.63, 3.8) is 0 Å². The summed E-state index contributed by atoms with van der Waals surface area (Å²) in [6, 6.07) is 0.567. The van der Waals surface area contributed by atoms with Gasteiger partial charge in [0.05, 0.1) is 19.1 Å². The number of carbonyl (C=O) groups is 2. The fourth-order valence-corrected chi connectivity index (χ4v) is 4.83. The number of likely N-dealkylation sites (tertiary alicyclic amines) is 1. The molecule has 2 unspecified atom stereocenters. The molecule has 2 saturated heterocycles. The molecule has 3 fully saturated rings. The van der Waals surface area contributed by atoms with Crippen molar-refractivity contribution in [3.8, 4) is 0 Å². The highest BCUT2D eigenvalue weighted by atomic mass is 16.5. The molecule has 2 atom stereocenters. The van der Waals surface area contributed by atoms with Crippen LogP contribution in [0.4, 0.5) is 4.79 Å². The fourth-order valence-electron chi connectivity index (χ4n) is 4.83. The van der Waals surface area contributed by atoms with Gasteiger partial charge in [0.25, 0.3) is 0 Å². The van der Waals surface area contributed by atoms with Crippen LogP contribution < -0.4 is 5.32 Å². The molecule has 0 radical (unpaired) electrons. The molecule has 1 aliphatic carbocycles. The van der Waals surface area contributed by atoms with Crippen LogP contribution in [-0.2, 0) is 9.53 Å². The Morgan fingerprint density at radius 2 is 2.12 bits per heavy atom. The number of likely N-dealkylation sites (N-methyl/N-ethyl adjacent to an activating group) is 1. The van der Waals surface area contributed by atoms with Gasteiger partial charge in [-0.05, 0) is 38.1 Å². The number of rotatable bonds is 6. The van der Waals surface area contributed by atoms with Crippen LogP contribution in [0.2, 0.25) is 0 Å². The van der Waals surface area contributed by atoms with Crippen molar-refractivity contribution in [3.05, 3.63) is 0 Å². The van der Waals surface area contributed by atoms with Crippen molar-refractivity contribution in [2.24, 2.45) is 5.92 Å². The number of carbonyl (C=O) groups excluding carboxylic acids is 1. The van der Waals surface area contributed by atoms with Gasteiger partial charge in [0.15, 0.2) is 0 Å². The van der Waals surface area contributed by atoms with Crippen molar-refractivity contribution in [2.75, 3.05) is 26.2 Å². The van der Waals surface area contributed by atoms with E-state index in [4.69, 9.17) is 9.84 Å². The lowest BCUT2D eigenvalue weighted by atomic mass is 9.75. The number of aliphatic carboxylic acids is 1. The van der Waals surface area contributed by atoms with Crippen LogP contribution in [-0.4, -0.2) is 76.9 Å². The average molecular weight is 353 g/mol. The van der Waals surface area contributed by atoms with E-state index < -0.39 is 5.97 Å². The normalized spacial score (nSPS) is 34.3. The first kappa shape index (κ1) is 18.5. The molecule has 0 bridgehead atoms. The van der Waals surface area contributed by atoms with E-state index in [9.17, 15) is 9.59 Å². The van der Waals surface area contributed by atoms with E-state index in [2.05, 4.69) is 19.2 Å². The Balaban J connectivity index is 1.48. The molecule has 1 saturated carbocycles. The summed E-state index contributed by atoms with van der Waals surface area (Å²) >= 11 is 0. The Hall–Kier alpha value is -1.34. The summed E-state index contributed by atoms with van der Waals surface area (Å²) in [4.78, 5) is 27.5. The molecule has 142 valence electrons. The number of urea groups is 1. The zero-order valence-corrected chi connectivity index (χ0v) is 15.5. The standard InChI is InChI=1S/C18H31N3O4/c1-4-20(10-15(22)23)14-8-13(9-14)19-17(24)21-11-18(6-5-7-25-18)16(21)12(2)3/h12-14,16H,4-11H2,1-3H3,(H,19,24)(H,22,23). The summed E-state index contributed by atoms with van der Waals surface area (Å²) in [6.07, 6.45) is 3.79. The van der Waals surface area contributed by atoms with Crippen molar-refractivity contribution in [1.29, 1.82) is 0 Å². The molecule has 7 nitrogen and oxygen atoms in total. The third kappa shape index (κ3) is 3.49. The van der Waals surface area contributed by atoms with Gasteiger partial charge in [0, 0.05) is 18.7 Å². The summed E-state index contributed by atoms with van der Waals surface area (Å²) in [5.41, 5.74) is -0.117. The number of carboxylic acids is 1. The number of nitrogens with zero attached hydrogens (tertiary/aromatic N) is 2. The van der Waals surface area contributed by atoms with Gasteiger partial charge in [0.2, 0.25) is 0 Å². The first-order valence-corrected chi connectivity index (χ1v) is 9.53. The van der Waals surface area contributed by atoms with E-state index in [1.807, 2.05) is 16.7 Å². The molecule has 0 aromatic carbocycles. The molecule has 2 amide bonds. The maximum atomic E-state index is 12.7. The van der Waals surface area contributed by atoms with Crippen LogP contribution in [0.25, 0.3) is 0 Å². The molecule has 0 aromatic rings. The molecule has 7 heteroatoms. The largest absolute Gasteiger partial charge is 0.480 e. The first-order valence-electron chi connectivity index (χ1n) is 9.53. The second-order valence-corrected chi connectivity index (χ2v) is 8.06. The lowest BCUT2D eigenvalue weighted by Crippen LogP contribution is -2.74. The van der Waals surface area contributed by atoms with Gasteiger partial charge >= 0.3 is 12.0 Å². The van der Waals surface area contributed by atoms with Gasteiger partial charge in [-0.2, -0.15) is 0 Å². The Kier molecular flexibility index (Phi) is 5.25. The maximum Gasteiger partial charge on any atom is 0.318 e. The van der Waals surface area contributed by atoms with Crippen LogP contribution in [0.3, 0.4) is 0 Å². The molecular formula is C18H31N3O4. The number of ether oxygens (including phenoxy) is 1. The Morgan fingerprint density at radius 3 is 2.64 bits per heavy atom.